The molecule has 29 heavy (non-hydrogen) atoms. The van der Waals surface area contributed by atoms with Crippen LogP contribution >= 0.6 is 22.9 Å². The van der Waals surface area contributed by atoms with E-state index < -0.39 is 0 Å². The van der Waals surface area contributed by atoms with Crippen LogP contribution in [0.5, 0.6) is 0 Å². The topological polar surface area (TPSA) is 49.3 Å². The summed E-state index contributed by atoms with van der Waals surface area (Å²) in [5, 5.41) is 1.35. The van der Waals surface area contributed by atoms with Crippen molar-refractivity contribution in [2.45, 2.75) is 33.1 Å². The number of piperazine rings is 1. The smallest absolute Gasteiger partial charge is 0.225 e. The second kappa shape index (κ2) is 8.28. The first-order valence-corrected chi connectivity index (χ1v) is 11.2. The number of hydrogen-bond acceptors (Lipinski definition) is 5. The maximum absolute atomic E-state index is 11.1. The van der Waals surface area contributed by atoms with Crippen molar-refractivity contribution in [3.8, 4) is 11.1 Å². The summed E-state index contributed by atoms with van der Waals surface area (Å²) >= 11 is 7.99. The highest BCUT2D eigenvalue weighted by Crippen LogP contribution is 2.43. The van der Waals surface area contributed by atoms with Gasteiger partial charge in [0.1, 0.15) is 10.6 Å². The summed E-state index contributed by atoms with van der Waals surface area (Å²) in [6.07, 6.45) is 1.85. The normalized spacial score (nSPS) is 14.8. The molecule has 0 N–H and O–H groups in total. The molecular formula is C22H25ClN4OS. The fourth-order valence-corrected chi connectivity index (χ4v) is 5.20. The molecule has 4 rings (SSSR count). The Kier molecular flexibility index (Phi) is 5.74. The Morgan fingerprint density at radius 3 is 2.41 bits per heavy atom. The molecule has 3 aromatic rings. The summed E-state index contributed by atoms with van der Waals surface area (Å²) in [5.41, 5.74) is 3.74. The molecule has 1 aliphatic heterocycles. The van der Waals surface area contributed by atoms with E-state index in [9.17, 15) is 4.79 Å². The van der Waals surface area contributed by atoms with Crippen molar-refractivity contribution in [3.63, 3.8) is 0 Å². The molecule has 1 aromatic carbocycles. The molecule has 1 amide bonds. The third kappa shape index (κ3) is 3.83. The summed E-state index contributed by atoms with van der Waals surface area (Å²) < 4.78 is 0. The van der Waals surface area contributed by atoms with Gasteiger partial charge in [-0.3, -0.25) is 4.79 Å². The molecule has 2 aromatic heterocycles. The zero-order valence-electron chi connectivity index (χ0n) is 17.0. The lowest BCUT2D eigenvalue weighted by Gasteiger charge is -2.33. The number of anilines is 1. The van der Waals surface area contributed by atoms with Crippen LogP contribution in [0, 0.1) is 0 Å². The van der Waals surface area contributed by atoms with Crippen molar-refractivity contribution in [1.29, 1.82) is 0 Å². The second-order valence-electron chi connectivity index (χ2n) is 7.66. The zero-order chi connectivity index (χ0) is 20.5. The predicted octanol–water partition coefficient (Wildman–Crippen LogP) is 4.98. The lowest BCUT2D eigenvalue weighted by atomic mass is 9.97. The Bertz CT molecular complexity index is 1020. The first-order valence-electron chi connectivity index (χ1n) is 10.0. The van der Waals surface area contributed by atoms with E-state index in [1.165, 1.54) is 21.6 Å². The molecule has 3 heterocycles. The Labute approximate surface area is 180 Å². The van der Waals surface area contributed by atoms with Gasteiger partial charge in [0.05, 0.1) is 5.39 Å². The van der Waals surface area contributed by atoms with Gasteiger partial charge in [-0.1, -0.05) is 45.0 Å². The van der Waals surface area contributed by atoms with Gasteiger partial charge in [-0.05, 0) is 35.1 Å². The monoisotopic (exact) mass is 428 g/mol. The van der Waals surface area contributed by atoms with Gasteiger partial charge >= 0.3 is 0 Å². The van der Waals surface area contributed by atoms with E-state index in [-0.39, 0.29) is 5.28 Å². The highest BCUT2D eigenvalue weighted by atomic mass is 35.5. The minimum atomic E-state index is 0.274. The number of carbonyl (C=O) groups is 1. The number of halogens is 1. The van der Waals surface area contributed by atoms with Crippen LogP contribution in [-0.4, -0.2) is 47.5 Å². The van der Waals surface area contributed by atoms with E-state index in [0.29, 0.717) is 19.0 Å². The van der Waals surface area contributed by atoms with E-state index in [1.54, 1.807) is 16.2 Å². The maximum atomic E-state index is 11.1. The molecule has 0 radical (unpaired) electrons. The lowest BCUT2D eigenvalue weighted by molar-refractivity contribution is -0.118. The van der Waals surface area contributed by atoms with Crippen LogP contribution in [0.3, 0.4) is 0 Å². The Hall–Kier alpha value is -2.18. The largest absolute Gasteiger partial charge is 0.352 e. The fraction of sp³-hybridized carbons (Fsp3) is 0.409. The summed E-state index contributed by atoms with van der Waals surface area (Å²) in [5.74, 6) is 1.38. The average Bonchev–Trinajstić information content (AvgIpc) is 3.11. The van der Waals surface area contributed by atoms with Gasteiger partial charge in [0, 0.05) is 36.6 Å². The molecule has 1 aliphatic rings. The van der Waals surface area contributed by atoms with Gasteiger partial charge in [0.2, 0.25) is 11.7 Å². The number of nitrogens with zero attached hydrogens (tertiary/aromatic N) is 4. The first kappa shape index (κ1) is 20.1. The number of thiophene rings is 1. The van der Waals surface area contributed by atoms with Crippen LogP contribution in [0.25, 0.3) is 21.3 Å². The van der Waals surface area contributed by atoms with Gasteiger partial charge in [-0.25, -0.2) is 4.98 Å². The van der Waals surface area contributed by atoms with E-state index >= 15 is 0 Å². The number of aromatic nitrogens is 2. The summed E-state index contributed by atoms with van der Waals surface area (Å²) in [6, 6.07) is 8.84. The van der Waals surface area contributed by atoms with Gasteiger partial charge in [0.15, 0.2) is 0 Å². The number of hydrogen-bond donors (Lipinski definition) is 0. The molecule has 0 spiro atoms. The van der Waals surface area contributed by atoms with Crippen molar-refractivity contribution >= 4 is 45.4 Å². The van der Waals surface area contributed by atoms with Crippen LogP contribution in [0.4, 0.5) is 5.82 Å². The van der Waals surface area contributed by atoms with Crippen molar-refractivity contribution in [2.75, 3.05) is 31.1 Å². The molecule has 7 heteroatoms. The molecule has 0 bridgehead atoms. The molecule has 0 unspecified atom stereocenters. The minimum Gasteiger partial charge on any atom is -0.352 e. The number of amides is 1. The third-order valence-electron chi connectivity index (χ3n) is 5.53. The van der Waals surface area contributed by atoms with Crippen LogP contribution < -0.4 is 4.90 Å². The fourth-order valence-electron chi connectivity index (χ4n) is 3.86. The standard InChI is InChI=1S/C22H25ClN4OS/c1-4-17-18(16-7-5-15(6-8-16)14(2)3)19-20(24-22(23)25-21(19)29-17)27-11-9-26(13-28)10-12-27/h5-8,13-14H,4,9-12H2,1-3H3. The molecule has 0 atom stereocenters. The van der Waals surface area contributed by atoms with Crippen LogP contribution in [0.1, 0.15) is 37.1 Å². The van der Waals surface area contributed by atoms with Gasteiger partial charge in [-0.2, -0.15) is 4.98 Å². The molecule has 0 aliphatic carbocycles. The zero-order valence-corrected chi connectivity index (χ0v) is 18.6. The Morgan fingerprint density at radius 2 is 1.83 bits per heavy atom. The number of carbonyl (C=O) groups excluding carboxylic acids is 1. The molecule has 1 fully saturated rings. The van der Waals surface area contributed by atoms with Crippen molar-refractivity contribution in [3.05, 3.63) is 40.0 Å². The van der Waals surface area contributed by atoms with Crippen LogP contribution in [0.2, 0.25) is 5.28 Å². The van der Waals surface area contributed by atoms with E-state index in [1.807, 2.05) is 0 Å². The number of fused-ring (bicyclic) bond motifs is 1. The number of aryl methyl sites for hydroxylation is 1. The van der Waals surface area contributed by atoms with Gasteiger partial charge < -0.3 is 9.80 Å². The predicted molar refractivity (Wildman–Crippen MR) is 121 cm³/mol. The van der Waals surface area contributed by atoms with E-state index in [2.05, 4.69) is 59.9 Å². The van der Waals surface area contributed by atoms with Crippen LogP contribution in [-0.2, 0) is 11.2 Å². The summed E-state index contributed by atoms with van der Waals surface area (Å²) in [4.78, 5) is 26.5. The highest BCUT2D eigenvalue weighted by Gasteiger charge is 2.25. The third-order valence-corrected chi connectivity index (χ3v) is 6.93. The van der Waals surface area contributed by atoms with E-state index in [0.717, 1.165) is 42.0 Å². The lowest BCUT2D eigenvalue weighted by Crippen LogP contribution is -2.46. The second-order valence-corrected chi connectivity index (χ2v) is 9.08. The number of rotatable bonds is 5. The highest BCUT2D eigenvalue weighted by molar-refractivity contribution is 7.19. The van der Waals surface area contributed by atoms with Crippen molar-refractivity contribution < 1.29 is 4.79 Å². The number of benzene rings is 1. The van der Waals surface area contributed by atoms with Crippen molar-refractivity contribution in [1.82, 2.24) is 14.9 Å². The first-order chi connectivity index (χ1) is 14.0. The Morgan fingerprint density at radius 1 is 1.14 bits per heavy atom. The van der Waals surface area contributed by atoms with Gasteiger partial charge in [-0.15, -0.1) is 11.3 Å². The molecule has 0 saturated carbocycles. The molecule has 152 valence electrons. The summed E-state index contributed by atoms with van der Waals surface area (Å²) in [7, 11) is 0. The molecule has 5 nitrogen and oxygen atoms in total. The van der Waals surface area contributed by atoms with Crippen molar-refractivity contribution in [2.24, 2.45) is 0 Å². The maximum Gasteiger partial charge on any atom is 0.225 e. The molecule has 1 saturated heterocycles. The Balaban J connectivity index is 1.86. The molecular weight excluding hydrogens is 404 g/mol. The summed E-state index contributed by atoms with van der Waals surface area (Å²) in [6.45, 7) is 9.45. The van der Waals surface area contributed by atoms with E-state index in [4.69, 9.17) is 11.6 Å². The quantitative estimate of drug-likeness (QED) is 0.425. The average molecular weight is 429 g/mol. The van der Waals surface area contributed by atoms with Gasteiger partial charge in [0.25, 0.3) is 0 Å². The van der Waals surface area contributed by atoms with Crippen LogP contribution in [0.15, 0.2) is 24.3 Å². The SMILES string of the molecule is CCc1sc2nc(Cl)nc(N3CCN(C=O)CC3)c2c1-c1ccc(C(C)C)cc1. The minimum absolute atomic E-state index is 0.274.